The van der Waals surface area contributed by atoms with Crippen LogP contribution in [0.2, 0.25) is 5.02 Å². The van der Waals surface area contributed by atoms with E-state index in [1.807, 2.05) is 0 Å². The van der Waals surface area contributed by atoms with E-state index in [2.05, 4.69) is 10.4 Å². The van der Waals surface area contributed by atoms with Gasteiger partial charge in [0.15, 0.2) is 5.69 Å². The molecular formula is C20H15ClF3N3O3. The summed E-state index contributed by atoms with van der Waals surface area (Å²) >= 11 is 5.78. The number of aromatic nitrogens is 2. The molecule has 0 fully saturated rings. The summed E-state index contributed by atoms with van der Waals surface area (Å²) in [6.45, 7) is 1.87. The summed E-state index contributed by atoms with van der Waals surface area (Å²) in [5.41, 5.74) is -1.30. The van der Waals surface area contributed by atoms with Crippen molar-refractivity contribution in [3.05, 3.63) is 76.6 Å². The van der Waals surface area contributed by atoms with E-state index in [1.54, 1.807) is 6.92 Å². The molecule has 0 aliphatic rings. The molecule has 0 atom stereocenters. The number of nitrogens with one attached hydrogen (secondary N) is 1. The first-order chi connectivity index (χ1) is 14.2. The Kier molecular flexibility index (Phi) is 6.12. The van der Waals surface area contributed by atoms with Crippen LogP contribution in [0.15, 0.2) is 54.7 Å². The van der Waals surface area contributed by atoms with Crippen LogP contribution in [0.3, 0.4) is 0 Å². The minimum absolute atomic E-state index is 0.101. The van der Waals surface area contributed by atoms with E-state index in [-0.39, 0.29) is 23.5 Å². The van der Waals surface area contributed by atoms with Gasteiger partial charge in [-0.05, 0) is 55.5 Å². The van der Waals surface area contributed by atoms with E-state index in [0.29, 0.717) is 9.70 Å². The number of anilines is 1. The largest absolute Gasteiger partial charge is 0.462 e. The number of esters is 1. The van der Waals surface area contributed by atoms with Gasteiger partial charge in [0, 0.05) is 10.7 Å². The highest BCUT2D eigenvalue weighted by Gasteiger charge is 2.40. The first-order valence-electron chi connectivity index (χ1n) is 8.70. The Morgan fingerprint density at radius 1 is 1.10 bits per heavy atom. The summed E-state index contributed by atoms with van der Waals surface area (Å²) in [6, 6.07) is 11.1. The van der Waals surface area contributed by atoms with Gasteiger partial charge in [0.2, 0.25) is 0 Å². The molecule has 3 rings (SSSR count). The minimum atomic E-state index is -4.84. The van der Waals surface area contributed by atoms with Crippen LogP contribution in [0.1, 0.15) is 33.3 Å². The standard InChI is InChI=1S/C20H15ClF3N3O3/c1-2-30-19(29)12-3-7-14(8-4-12)26-18(28)16-11-25-27(17(16)20(22,23)24)15-9-5-13(21)6-10-15/h3-11H,2H2,1H3,(H,26,28). The number of benzene rings is 2. The summed E-state index contributed by atoms with van der Waals surface area (Å²) in [4.78, 5) is 24.2. The van der Waals surface area contributed by atoms with Crippen LogP contribution in [-0.2, 0) is 10.9 Å². The zero-order valence-corrected chi connectivity index (χ0v) is 16.3. The molecule has 1 aromatic heterocycles. The molecule has 0 spiro atoms. The van der Waals surface area contributed by atoms with Crippen molar-refractivity contribution in [2.45, 2.75) is 13.1 Å². The van der Waals surface area contributed by atoms with E-state index in [0.717, 1.165) is 6.20 Å². The fourth-order valence-electron chi connectivity index (χ4n) is 2.67. The summed E-state index contributed by atoms with van der Waals surface area (Å²) < 4.78 is 46.6. The summed E-state index contributed by atoms with van der Waals surface area (Å²) in [6.07, 6.45) is -3.99. The SMILES string of the molecule is CCOC(=O)c1ccc(NC(=O)c2cnn(-c3ccc(Cl)cc3)c2C(F)(F)F)cc1. The van der Waals surface area contributed by atoms with Crippen molar-refractivity contribution in [2.75, 3.05) is 11.9 Å². The topological polar surface area (TPSA) is 73.2 Å². The number of nitrogens with zero attached hydrogens (tertiary/aromatic N) is 2. The number of halogens is 4. The fraction of sp³-hybridized carbons (Fsp3) is 0.150. The fourth-order valence-corrected chi connectivity index (χ4v) is 2.79. The Balaban J connectivity index is 1.89. The predicted molar refractivity (Wildman–Crippen MR) is 104 cm³/mol. The highest BCUT2D eigenvalue weighted by molar-refractivity contribution is 6.30. The van der Waals surface area contributed by atoms with Crippen molar-refractivity contribution in [3.63, 3.8) is 0 Å². The molecule has 2 aromatic carbocycles. The molecule has 0 aliphatic carbocycles. The molecular weight excluding hydrogens is 423 g/mol. The van der Waals surface area contributed by atoms with Crippen molar-refractivity contribution in [1.29, 1.82) is 0 Å². The molecule has 0 radical (unpaired) electrons. The quantitative estimate of drug-likeness (QED) is 0.572. The van der Waals surface area contributed by atoms with E-state index >= 15 is 0 Å². The van der Waals surface area contributed by atoms with Crippen LogP contribution in [-0.4, -0.2) is 28.3 Å². The number of amides is 1. The molecule has 1 heterocycles. The second-order valence-corrected chi connectivity index (χ2v) is 6.48. The zero-order chi connectivity index (χ0) is 21.9. The number of alkyl halides is 3. The van der Waals surface area contributed by atoms with Crippen molar-refractivity contribution in [2.24, 2.45) is 0 Å². The van der Waals surface area contributed by atoms with Gasteiger partial charge in [0.25, 0.3) is 5.91 Å². The number of ether oxygens (including phenoxy) is 1. The smallest absolute Gasteiger partial charge is 0.434 e. The lowest BCUT2D eigenvalue weighted by Gasteiger charge is -2.13. The minimum Gasteiger partial charge on any atom is -0.462 e. The molecule has 156 valence electrons. The lowest BCUT2D eigenvalue weighted by atomic mass is 10.2. The van der Waals surface area contributed by atoms with Crippen LogP contribution in [0.25, 0.3) is 5.69 Å². The van der Waals surface area contributed by atoms with Gasteiger partial charge in [-0.3, -0.25) is 4.79 Å². The molecule has 0 saturated heterocycles. The van der Waals surface area contributed by atoms with Gasteiger partial charge in [-0.2, -0.15) is 18.3 Å². The van der Waals surface area contributed by atoms with E-state index in [4.69, 9.17) is 16.3 Å². The summed E-state index contributed by atoms with van der Waals surface area (Å²) in [5.74, 6) is -1.54. The van der Waals surface area contributed by atoms with Crippen LogP contribution in [0.5, 0.6) is 0 Å². The third-order valence-electron chi connectivity index (χ3n) is 4.01. The van der Waals surface area contributed by atoms with Gasteiger partial charge in [-0.1, -0.05) is 11.6 Å². The molecule has 1 N–H and O–H groups in total. The van der Waals surface area contributed by atoms with Crippen molar-refractivity contribution in [1.82, 2.24) is 9.78 Å². The van der Waals surface area contributed by atoms with Crippen LogP contribution >= 0.6 is 11.6 Å². The van der Waals surface area contributed by atoms with Crippen molar-refractivity contribution >= 4 is 29.2 Å². The molecule has 0 bridgehead atoms. The molecule has 10 heteroatoms. The number of rotatable bonds is 5. The number of hydrogen-bond donors (Lipinski definition) is 1. The molecule has 6 nitrogen and oxygen atoms in total. The van der Waals surface area contributed by atoms with Gasteiger partial charge in [0.1, 0.15) is 0 Å². The Labute approximate surface area is 174 Å². The predicted octanol–water partition coefficient (Wildman–Crippen LogP) is 4.97. The maximum atomic E-state index is 13.7. The maximum Gasteiger partial charge on any atom is 0.434 e. The lowest BCUT2D eigenvalue weighted by Crippen LogP contribution is -2.20. The first kappa shape index (κ1) is 21.4. The van der Waals surface area contributed by atoms with Gasteiger partial charge in [0.05, 0.1) is 29.6 Å². The van der Waals surface area contributed by atoms with Gasteiger partial charge >= 0.3 is 12.1 Å². The highest BCUT2D eigenvalue weighted by Crippen LogP contribution is 2.34. The van der Waals surface area contributed by atoms with E-state index < -0.39 is 29.3 Å². The zero-order valence-electron chi connectivity index (χ0n) is 15.5. The second-order valence-electron chi connectivity index (χ2n) is 6.04. The normalized spacial score (nSPS) is 11.2. The average molecular weight is 438 g/mol. The Morgan fingerprint density at radius 2 is 1.73 bits per heavy atom. The third kappa shape index (κ3) is 4.62. The lowest BCUT2D eigenvalue weighted by molar-refractivity contribution is -0.143. The Morgan fingerprint density at radius 3 is 2.30 bits per heavy atom. The van der Waals surface area contributed by atoms with Crippen LogP contribution < -0.4 is 5.32 Å². The molecule has 0 saturated carbocycles. The first-order valence-corrected chi connectivity index (χ1v) is 9.08. The highest BCUT2D eigenvalue weighted by atomic mass is 35.5. The van der Waals surface area contributed by atoms with Gasteiger partial charge in [-0.15, -0.1) is 0 Å². The van der Waals surface area contributed by atoms with Gasteiger partial charge in [-0.25, -0.2) is 9.48 Å². The van der Waals surface area contributed by atoms with Crippen molar-refractivity contribution < 1.29 is 27.5 Å². The van der Waals surface area contributed by atoms with Crippen LogP contribution in [0.4, 0.5) is 18.9 Å². The average Bonchev–Trinajstić information content (AvgIpc) is 3.15. The second kappa shape index (κ2) is 8.58. The molecule has 0 unspecified atom stereocenters. The Hall–Kier alpha value is -3.33. The number of hydrogen-bond acceptors (Lipinski definition) is 4. The van der Waals surface area contributed by atoms with Crippen molar-refractivity contribution in [3.8, 4) is 5.69 Å². The Bertz CT molecular complexity index is 1060. The monoisotopic (exact) mass is 437 g/mol. The van der Waals surface area contributed by atoms with E-state index in [9.17, 15) is 22.8 Å². The summed E-state index contributed by atoms with van der Waals surface area (Å²) in [7, 11) is 0. The third-order valence-corrected chi connectivity index (χ3v) is 4.26. The molecule has 3 aromatic rings. The number of carbonyl (C=O) groups excluding carboxylic acids is 2. The van der Waals surface area contributed by atoms with E-state index in [1.165, 1.54) is 48.5 Å². The maximum absolute atomic E-state index is 13.7. The molecule has 30 heavy (non-hydrogen) atoms. The number of carbonyl (C=O) groups is 2. The van der Waals surface area contributed by atoms with Gasteiger partial charge < -0.3 is 10.1 Å². The molecule has 0 aliphatic heterocycles. The molecule has 1 amide bonds. The van der Waals surface area contributed by atoms with Crippen LogP contribution in [0, 0.1) is 0 Å². The summed E-state index contributed by atoms with van der Waals surface area (Å²) in [5, 5.41) is 6.46.